The highest BCUT2D eigenvalue weighted by Gasteiger charge is 2.21. The highest BCUT2D eigenvalue weighted by atomic mass is 16.5. The summed E-state index contributed by atoms with van der Waals surface area (Å²) < 4.78 is 5.09. The molecule has 20 heavy (non-hydrogen) atoms. The average Bonchev–Trinajstić information content (AvgIpc) is 3.07. The molecule has 0 aliphatic heterocycles. The molecule has 0 atom stereocenters. The molecule has 0 unspecified atom stereocenters. The number of imidazole rings is 1. The van der Waals surface area contributed by atoms with Crippen LogP contribution in [-0.2, 0) is 0 Å². The summed E-state index contributed by atoms with van der Waals surface area (Å²) >= 11 is 0. The van der Waals surface area contributed by atoms with E-state index in [1.807, 2.05) is 13.0 Å². The highest BCUT2D eigenvalue weighted by Crippen LogP contribution is 2.24. The maximum absolute atomic E-state index is 11.0. The minimum Gasteiger partial charge on any atom is -0.476 e. The summed E-state index contributed by atoms with van der Waals surface area (Å²) in [7, 11) is 0. The Balaban J connectivity index is 2.05. The molecule has 0 spiro atoms. The number of aromatic amines is 1. The third kappa shape index (κ3) is 1.92. The summed E-state index contributed by atoms with van der Waals surface area (Å²) in [4.78, 5) is 25.6. The summed E-state index contributed by atoms with van der Waals surface area (Å²) in [5, 5.41) is 12.8. The number of nitrogens with one attached hydrogen (secondary N) is 1. The first-order valence-corrected chi connectivity index (χ1v) is 5.68. The molecule has 0 bridgehead atoms. The first kappa shape index (κ1) is 12.0. The van der Waals surface area contributed by atoms with Crippen LogP contribution in [0.15, 0.2) is 29.3 Å². The van der Waals surface area contributed by atoms with Crippen LogP contribution in [0.3, 0.4) is 0 Å². The van der Waals surface area contributed by atoms with Gasteiger partial charge in [0.05, 0.1) is 6.33 Å². The van der Waals surface area contributed by atoms with E-state index in [0.29, 0.717) is 5.82 Å². The van der Waals surface area contributed by atoms with Crippen LogP contribution < -0.4 is 0 Å². The van der Waals surface area contributed by atoms with Gasteiger partial charge in [-0.1, -0.05) is 5.16 Å². The second-order valence-corrected chi connectivity index (χ2v) is 4.05. The molecule has 0 saturated carbocycles. The molecule has 3 aromatic heterocycles. The molecule has 3 aromatic rings. The topological polar surface area (TPSA) is 118 Å². The highest BCUT2D eigenvalue weighted by molar-refractivity contribution is 5.91. The Kier molecular flexibility index (Phi) is 2.75. The van der Waals surface area contributed by atoms with E-state index in [-0.39, 0.29) is 17.3 Å². The first-order chi connectivity index (χ1) is 9.66. The molecule has 8 nitrogen and oxygen atoms in total. The number of aromatic carboxylic acids is 1. The minimum absolute atomic E-state index is 0.0677. The summed E-state index contributed by atoms with van der Waals surface area (Å²) in [6, 6.07) is 1.82. The predicted molar refractivity (Wildman–Crippen MR) is 66.8 cm³/mol. The molecule has 2 N–H and O–H groups in total. The van der Waals surface area contributed by atoms with Crippen molar-refractivity contribution in [2.24, 2.45) is 0 Å². The fraction of sp³-hybridized carbons (Fsp3) is 0.0833. The van der Waals surface area contributed by atoms with E-state index in [4.69, 9.17) is 9.63 Å². The van der Waals surface area contributed by atoms with Crippen LogP contribution in [-0.4, -0.2) is 36.2 Å². The fourth-order valence-electron chi connectivity index (χ4n) is 1.75. The van der Waals surface area contributed by atoms with Gasteiger partial charge in [0.25, 0.3) is 5.89 Å². The van der Waals surface area contributed by atoms with Gasteiger partial charge in [0.15, 0.2) is 5.69 Å². The van der Waals surface area contributed by atoms with Crippen molar-refractivity contribution >= 4 is 5.97 Å². The van der Waals surface area contributed by atoms with Crippen LogP contribution in [0, 0.1) is 6.92 Å². The fourth-order valence-corrected chi connectivity index (χ4v) is 1.75. The normalized spacial score (nSPS) is 10.7. The standard InChI is InChI=1S/C12H9N5O3/c1-6-2-3-13-4-7(6)10-16-11(20-17-10)8-9(12(18)19)15-5-14-8/h2-5H,1H3,(H,14,15)(H,18,19). The lowest BCUT2D eigenvalue weighted by atomic mass is 10.1. The first-order valence-electron chi connectivity index (χ1n) is 5.68. The predicted octanol–water partition coefficient (Wildman–Crippen LogP) is 1.53. The monoisotopic (exact) mass is 271 g/mol. The summed E-state index contributed by atoms with van der Waals surface area (Å²) in [5.41, 5.74) is 1.68. The van der Waals surface area contributed by atoms with Gasteiger partial charge in [-0.2, -0.15) is 4.98 Å². The molecule has 0 saturated heterocycles. The molecule has 0 aromatic carbocycles. The van der Waals surface area contributed by atoms with Gasteiger partial charge in [0.1, 0.15) is 5.69 Å². The van der Waals surface area contributed by atoms with Crippen molar-refractivity contribution in [1.82, 2.24) is 25.1 Å². The number of hydrogen-bond donors (Lipinski definition) is 2. The van der Waals surface area contributed by atoms with E-state index >= 15 is 0 Å². The number of carbonyl (C=O) groups is 1. The van der Waals surface area contributed by atoms with Crippen molar-refractivity contribution in [2.75, 3.05) is 0 Å². The van der Waals surface area contributed by atoms with Crippen molar-refractivity contribution in [2.45, 2.75) is 6.92 Å². The van der Waals surface area contributed by atoms with Gasteiger partial charge in [-0.3, -0.25) is 4.98 Å². The summed E-state index contributed by atoms with van der Waals surface area (Å²) in [5.74, 6) is -0.756. The van der Waals surface area contributed by atoms with Gasteiger partial charge in [-0.25, -0.2) is 9.78 Å². The lowest BCUT2D eigenvalue weighted by Gasteiger charge is -1.97. The van der Waals surface area contributed by atoms with Crippen LogP contribution in [0.25, 0.3) is 23.0 Å². The number of pyridine rings is 1. The number of carboxylic acid groups (broad SMARTS) is 1. The number of hydrogen-bond acceptors (Lipinski definition) is 6. The zero-order chi connectivity index (χ0) is 14.1. The largest absolute Gasteiger partial charge is 0.476 e. The molecule has 0 radical (unpaired) electrons. The van der Waals surface area contributed by atoms with E-state index in [2.05, 4.69) is 25.1 Å². The Labute approximate surface area is 112 Å². The van der Waals surface area contributed by atoms with E-state index < -0.39 is 5.97 Å². The molecule has 100 valence electrons. The number of aromatic nitrogens is 5. The maximum atomic E-state index is 11.0. The van der Waals surface area contributed by atoms with Gasteiger partial charge >= 0.3 is 5.97 Å². The lowest BCUT2D eigenvalue weighted by Crippen LogP contribution is -1.99. The Bertz CT molecular complexity index is 777. The quantitative estimate of drug-likeness (QED) is 0.741. The van der Waals surface area contributed by atoms with Crippen LogP contribution in [0.2, 0.25) is 0 Å². The smallest absolute Gasteiger partial charge is 0.356 e. The van der Waals surface area contributed by atoms with Crippen molar-refractivity contribution in [3.05, 3.63) is 36.0 Å². The van der Waals surface area contributed by atoms with Gasteiger partial charge < -0.3 is 14.6 Å². The molecular weight excluding hydrogens is 262 g/mol. The van der Waals surface area contributed by atoms with Gasteiger partial charge in [-0.05, 0) is 18.6 Å². The SMILES string of the molecule is Cc1ccncc1-c1noc(-c2[nH]cnc2C(=O)O)n1. The van der Waals surface area contributed by atoms with Crippen LogP contribution >= 0.6 is 0 Å². The van der Waals surface area contributed by atoms with E-state index in [1.54, 1.807) is 12.4 Å². The Morgan fingerprint density at radius 1 is 1.45 bits per heavy atom. The minimum atomic E-state index is -1.17. The van der Waals surface area contributed by atoms with Crippen molar-refractivity contribution in [1.29, 1.82) is 0 Å². The average molecular weight is 271 g/mol. The zero-order valence-electron chi connectivity index (χ0n) is 10.4. The van der Waals surface area contributed by atoms with E-state index in [1.165, 1.54) is 6.33 Å². The number of carboxylic acids is 1. The summed E-state index contributed by atoms with van der Waals surface area (Å²) in [6.45, 7) is 1.89. The maximum Gasteiger partial charge on any atom is 0.356 e. The van der Waals surface area contributed by atoms with Gasteiger partial charge in [0, 0.05) is 18.0 Å². The molecule has 3 heterocycles. The summed E-state index contributed by atoms with van der Waals surface area (Å²) in [6.07, 6.45) is 4.55. The molecule has 0 aliphatic rings. The van der Waals surface area contributed by atoms with Crippen LogP contribution in [0.1, 0.15) is 16.1 Å². The third-order valence-corrected chi connectivity index (χ3v) is 2.76. The van der Waals surface area contributed by atoms with E-state index in [0.717, 1.165) is 11.1 Å². The molecule has 3 rings (SSSR count). The second-order valence-electron chi connectivity index (χ2n) is 4.05. The van der Waals surface area contributed by atoms with Crippen molar-refractivity contribution in [3.8, 4) is 23.0 Å². The number of rotatable bonds is 3. The Morgan fingerprint density at radius 3 is 3.05 bits per heavy atom. The van der Waals surface area contributed by atoms with Crippen LogP contribution in [0.5, 0.6) is 0 Å². The molecule has 0 aliphatic carbocycles. The van der Waals surface area contributed by atoms with Crippen LogP contribution in [0.4, 0.5) is 0 Å². The molecule has 0 fully saturated rings. The molecular formula is C12H9N5O3. The Hall–Kier alpha value is -3.03. The Morgan fingerprint density at radius 2 is 2.30 bits per heavy atom. The molecule has 0 amide bonds. The lowest BCUT2D eigenvalue weighted by molar-refractivity contribution is 0.0691. The number of aryl methyl sites for hydroxylation is 1. The van der Waals surface area contributed by atoms with Gasteiger partial charge in [-0.15, -0.1) is 0 Å². The van der Waals surface area contributed by atoms with Gasteiger partial charge in [0.2, 0.25) is 5.82 Å². The van der Waals surface area contributed by atoms with Crippen molar-refractivity contribution < 1.29 is 14.4 Å². The molecule has 8 heteroatoms. The zero-order valence-corrected chi connectivity index (χ0v) is 10.4. The van der Waals surface area contributed by atoms with E-state index in [9.17, 15) is 4.79 Å². The number of H-pyrrole nitrogens is 1. The van der Waals surface area contributed by atoms with Crippen molar-refractivity contribution in [3.63, 3.8) is 0 Å². The third-order valence-electron chi connectivity index (χ3n) is 2.76. The second kappa shape index (κ2) is 4.57. The number of nitrogens with zero attached hydrogens (tertiary/aromatic N) is 4.